The van der Waals surface area contributed by atoms with Gasteiger partial charge in [-0.05, 0) is 42.6 Å². The zero-order valence-corrected chi connectivity index (χ0v) is 29.4. The highest BCUT2D eigenvalue weighted by Crippen LogP contribution is 2.46. The van der Waals surface area contributed by atoms with E-state index in [-0.39, 0.29) is 42.2 Å². The van der Waals surface area contributed by atoms with Gasteiger partial charge in [-0.3, -0.25) is 24.4 Å². The van der Waals surface area contributed by atoms with Crippen LogP contribution in [-0.2, 0) is 25.5 Å². The lowest BCUT2D eigenvalue weighted by Gasteiger charge is -2.37. The second-order valence-electron chi connectivity index (χ2n) is 15.8. The maximum atomic E-state index is 14.9. The summed E-state index contributed by atoms with van der Waals surface area (Å²) in [5.41, 5.74) is -1.84. The van der Waals surface area contributed by atoms with E-state index < -0.39 is 41.0 Å². The van der Waals surface area contributed by atoms with Gasteiger partial charge < -0.3 is 19.8 Å². The molecule has 1 saturated heterocycles. The van der Waals surface area contributed by atoms with E-state index in [0.717, 1.165) is 31.2 Å². The lowest BCUT2D eigenvalue weighted by molar-refractivity contribution is -0.141. The number of carbonyl (C=O) groups excluding carboxylic acids is 3. The first-order valence-electron chi connectivity index (χ1n) is 18.4. The van der Waals surface area contributed by atoms with E-state index in [1.54, 1.807) is 17.3 Å². The monoisotopic (exact) mass is 663 g/mol. The molecule has 1 aromatic rings. The third-order valence-electron chi connectivity index (χ3n) is 11.1. The van der Waals surface area contributed by atoms with E-state index in [1.807, 2.05) is 58.0 Å². The predicted octanol–water partition coefficient (Wildman–Crippen LogP) is 4.90. The molecule has 0 bridgehead atoms. The van der Waals surface area contributed by atoms with Gasteiger partial charge in [0.05, 0.1) is 43.7 Å². The Labute approximate surface area is 286 Å². The van der Waals surface area contributed by atoms with E-state index in [1.165, 1.54) is 6.42 Å². The van der Waals surface area contributed by atoms with Gasteiger partial charge in [0.25, 0.3) is 0 Å². The van der Waals surface area contributed by atoms with Gasteiger partial charge >= 0.3 is 0 Å². The number of aliphatic hydroxyl groups excluding tert-OH is 2. The van der Waals surface area contributed by atoms with Crippen LogP contribution in [0.15, 0.2) is 40.3 Å². The van der Waals surface area contributed by atoms with Crippen molar-refractivity contribution >= 4 is 29.9 Å². The Morgan fingerprint density at radius 1 is 0.938 bits per heavy atom. The summed E-state index contributed by atoms with van der Waals surface area (Å²) in [7, 11) is 0. The van der Waals surface area contributed by atoms with Gasteiger partial charge in [-0.15, -0.1) is 0 Å². The summed E-state index contributed by atoms with van der Waals surface area (Å²) in [5, 5.41) is 22.8. The lowest BCUT2D eigenvalue weighted by atomic mass is 9.66. The molecule has 1 saturated carbocycles. The van der Waals surface area contributed by atoms with E-state index in [0.29, 0.717) is 51.5 Å². The van der Waals surface area contributed by atoms with Crippen molar-refractivity contribution < 1.29 is 29.3 Å². The Morgan fingerprint density at radius 3 is 2.27 bits per heavy atom. The molecule has 2 N–H and O–H groups in total. The van der Waals surface area contributed by atoms with Crippen molar-refractivity contribution in [3.05, 3.63) is 35.9 Å². The lowest BCUT2D eigenvalue weighted by Crippen LogP contribution is -2.54. The molecule has 0 aromatic heterocycles. The first-order valence-corrected chi connectivity index (χ1v) is 18.4. The predicted molar refractivity (Wildman–Crippen MR) is 187 cm³/mol. The molecule has 1 aliphatic carbocycles. The van der Waals surface area contributed by atoms with Gasteiger partial charge in [-0.1, -0.05) is 90.1 Å². The second kappa shape index (κ2) is 15.9. The minimum absolute atomic E-state index is 0.0402. The molecular formula is C39H57N3O6. The van der Waals surface area contributed by atoms with Crippen LogP contribution in [0.3, 0.4) is 0 Å². The molecule has 5 rings (SSSR count). The number of Topliss-reactive ketones (excluding diaryl/α,β-unsaturated/α-hetero) is 2. The summed E-state index contributed by atoms with van der Waals surface area (Å²) < 4.78 is 5.46. The fraction of sp³-hybridized carbons (Fsp3) is 0.718. The number of ketones is 2. The average molecular weight is 664 g/mol. The number of amides is 1. The molecule has 264 valence electrons. The molecule has 4 aliphatic rings. The molecule has 2 fully saturated rings. The molecule has 9 nitrogen and oxygen atoms in total. The maximum Gasteiger partial charge on any atom is 0.225 e. The van der Waals surface area contributed by atoms with Gasteiger partial charge in [-0.25, -0.2) is 0 Å². The van der Waals surface area contributed by atoms with Crippen LogP contribution in [0.2, 0.25) is 0 Å². The van der Waals surface area contributed by atoms with Crippen LogP contribution in [0, 0.1) is 35.5 Å². The van der Waals surface area contributed by atoms with Gasteiger partial charge in [0.15, 0.2) is 11.6 Å². The molecule has 48 heavy (non-hydrogen) atoms. The SMILES string of the molecule is CC(C)CC(O)C(O)[C@H](CC1CCCCC1)C1C=N[C@@](CC(C)C)(C2C=N[C@](CC(=O)N3CCOCC3)(Cc3ccccc3)C2=O)C1=O. The number of benzene rings is 1. The van der Waals surface area contributed by atoms with Crippen LogP contribution < -0.4 is 0 Å². The maximum absolute atomic E-state index is 14.9. The summed E-state index contributed by atoms with van der Waals surface area (Å²) in [6, 6.07) is 9.62. The fourth-order valence-corrected chi connectivity index (χ4v) is 8.70. The summed E-state index contributed by atoms with van der Waals surface area (Å²) in [6.07, 6.45) is 8.38. The van der Waals surface area contributed by atoms with Crippen LogP contribution in [0.4, 0.5) is 0 Å². The molecule has 3 aliphatic heterocycles. The molecule has 3 heterocycles. The quantitative estimate of drug-likeness (QED) is 0.292. The van der Waals surface area contributed by atoms with Crippen molar-refractivity contribution in [2.45, 2.75) is 115 Å². The molecule has 9 heteroatoms. The highest BCUT2D eigenvalue weighted by molar-refractivity contribution is 6.17. The first-order chi connectivity index (χ1) is 23.0. The number of ether oxygens (including phenoxy) is 1. The molecule has 0 spiro atoms. The van der Waals surface area contributed by atoms with Crippen molar-refractivity contribution in [1.29, 1.82) is 0 Å². The number of hydrogen-bond donors (Lipinski definition) is 2. The van der Waals surface area contributed by atoms with Crippen LogP contribution >= 0.6 is 0 Å². The smallest absolute Gasteiger partial charge is 0.225 e. The third-order valence-corrected chi connectivity index (χ3v) is 11.1. The molecule has 7 atom stereocenters. The van der Waals surface area contributed by atoms with E-state index in [4.69, 9.17) is 14.7 Å². The molecule has 1 amide bonds. The molecule has 0 radical (unpaired) electrons. The minimum Gasteiger partial charge on any atom is -0.390 e. The Morgan fingerprint density at radius 2 is 1.62 bits per heavy atom. The Bertz CT molecular complexity index is 1320. The summed E-state index contributed by atoms with van der Waals surface area (Å²) in [5.74, 6) is -2.13. The highest BCUT2D eigenvalue weighted by atomic mass is 16.5. The number of rotatable bonds is 14. The number of aliphatic imine (C=N–C) groups is 2. The van der Waals surface area contributed by atoms with Crippen molar-refractivity contribution in [1.82, 2.24) is 4.90 Å². The summed E-state index contributed by atoms with van der Waals surface area (Å²) in [4.78, 5) is 55.1. The van der Waals surface area contributed by atoms with Crippen LogP contribution in [0.25, 0.3) is 0 Å². The largest absolute Gasteiger partial charge is 0.390 e. The summed E-state index contributed by atoms with van der Waals surface area (Å²) in [6.45, 7) is 9.92. The number of carbonyl (C=O) groups is 3. The topological polar surface area (TPSA) is 129 Å². The van der Waals surface area contributed by atoms with Gasteiger partial charge in [0.2, 0.25) is 5.91 Å². The second-order valence-corrected chi connectivity index (χ2v) is 15.8. The Hall–Kier alpha value is -2.75. The highest BCUT2D eigenvalue weighted by Gasteiger charge is 2.61. The number of nitrogens with zero attached hydrogens (tertiary/aromatic N) is 3. The van der Waals surface area contributed by atoms with E-state index >= 15 is 0 Å². The van der Waals surface area contributed by atoms with Crippen LogP contribution in [-0.4, -0.2) is 94.6 Å². The van der Waals surface area contributed by atoms with Crippen LogP contribution in [0.1, 0.15) is 91.0 Å². The van der Waals surface area contributed by atoms with E-state index in [9.17, 15) is 24.6 Å². The van der Waals surface area contributed by atoms with Gasteiger partial charge in [0.1, 0.15) is 11.1 Å². The summed E-state index contributed by atoms with van der Waals surface area (Å²) >= 11 is 0. The zero-order valence-electron chi connectivity index (χ0n) is 29.4. The minimum atomic E-state index is -1.38. The number of aliphatic hydroxyl groups is 2. The first kappa shape index (κ1) is 36.5. The molecule has 4 unspecified atom stereocenters. The molecule has 1 aromatic carbocycles. The fourth-order valence-electron chi connectivity index (χ4n) is 8.70. The van der Waals surface area contributed by atoms with Crippen molar-refractivity contribution in [3.8, 4) is 0 Å². The van der Waals surface area contributed by atoms with E-state index in [2.05, 4.69) is 0 Å². The average Bonchev–Trinajstić information content (AvgIpc) is 3.56. The normalized spacial score (nSPS) is 30.0. The standard InChI is InChI=1S/C39H57N3O6/c1-26(2)19-33(43)35(45)30(20-28-11-7-5-8-12-28)31-24-41-39(36(31)46,21-27(3)4)32-25-40-38(37(32)47,22-29-13-9-6-10-14-29)23-34(44)42-15-17-48-18-16-42/h6,9-10,13-14,24-28,30-33,35,43,45H,5,7-8,11-12,15-23H2,1-4H3/t30-,31?,32?,33?,35?,38+,39+/m1/s1. The van der Waals surface area contributed by atoms with Gasteiger partial charge in [-0.2, -0.15) is 0 Å². The third kappa shape index (κ3) is 8.00. The Kier molecular flexibility index (Phi) is 12.1. The van der Waals surface area contributed by atoms with Crippen LogP contribution in [0.5, 0.6) is 0 Å². The molecular weight excluding hydrogens is 606 g/mol. The van der Waals surface area contributed by atoms with Crippen molar-refractivity contribution in [2.75, 3.05) is 26.3 Å². The van der Waals surface area contributed by atoms with Crippen molar-refractivity contribution in [3.63, 3.8) is 0 Å². The zero-order chi connectivity index (χ0) is 34.5. The Balaban J connectivity index is 1.47. The number of morpholine rings is 1. The van der Waals surface area contributed by atoms with Gasteiger partial charge in [0, 0.05) is 37.9 Å². The number of hydrogen-bond acceptors (Lipinski definition) is 8. The van der Waals surface area contributed by atoms with Crippen molar-refractivity contribution in [2.24, 2.45) is 45.5 Å².